The van der Waals surface area contributed by atoms with Crippen LogP contribution in [-0.2, 0) is 13.1 Å². The van der Waals surface area contributed by atoms with Gasteiger partial charge in [-0.05, 0) is 17.7 Å². The van der Waals surface area contributed by atoms with Gasteiger partial charge in [0.25, 0.3) is 0 Å². The van der Waals surface area contributed by atoms with Gasteiger partial charge in [0, 0.05) is 25.0 Å². The van der Waals surface area contributed by atoms with Crippen LogP contribution in [0, 0.1) is 5.82 Å². The van der Waals surface area contributed by atoms with E-state index in [1.807, 2.05) is 0 Å². The highest BCUT2D eigenvalue weighted by atomic mass is 35.5. The Labute approximate surface area is 97.7 Å². The van der Waals surface area contributed by atoms with Gasteiger partial charge in [0.1, 0.15) is 5.82 Å². The molecule has 0 bridgehead atoms. The van der Waals surface area contributed by atoms with Crippen molar-refractivity contribution in [2.24, 2.45) is 0 Å². The van der Waals surface area contributed by atoms with Crippen LogP contribution < -0.4 is 5.32 Å². The van der Waals surface area contributed by atoms with Crippen LogP contribution in [0.5, 0.6) is 0 Å². The molecule has 0 spiro atoms. The molecule has 0 unspecified atom stereocenters. The summed E-state index contributed by atoms with van der Waals surface area (Å²) in [5, 5.41) is 3.35. The molecule has 0 saturated heterocycles. The molecule has 16 heavy (non-hydrogen) atoms. The predicted molar refractivity (Wildman–Crippen MR) is 60.5 cm³/mol. The smallest absolute Gasteiger partial charge is 0.141 e. The monoisotopic (exact) mass is 239 g/mol. The summed E-state index contributed by atoms with van der Waals surface area (Å²) in [6.07, 6.45) is 3.39. The first-order chi connectivity index (χ1) is 7.75. The first-order valence-electron chi connectivity index (χ1n) is 4.87. The molecular formula is C11H11ClFN3. The van der Waals surface area contributed by atoms with Crippen molar-refractivity contribution in [2.45, 2.75) is 13.1 Å². The molecule has 84 valence electrons. The molecule has 0 amide bonds. The van der Waals surface area contributed by atoms with E-state index in [9.17, 15) is 4.39 Å². The van der Waals surface area contributed by atoms with E-state index in [4.69, 9.17) is 11.6 Å². The fourth-order valence-corrected chi connectivity index (χ4v) is 1.58. The summed E-state index contributed by atoms with van der Waals surface area (Å²) in [4.78, 5) is 6.89. The van der Waals surface area contributed by atoms with E-state index in [0.717, 1.165) is 11.3 Å². The highest BCUT2D eigenvalue weighted by Gasteiger charge is 2.00. The van der Waals surface area contributed by atoms with Crippen molar-refractivity contribution in [1.82, 2.24) is 15.3 Å². The van der Waals surface area contributed by atoms with Gasteiger partial charge < -0.3 is 10.3 Å². The molecule has 5 heteroatoms. The quantitative estimate of drug-likeness (QED) is 0.861. The number of nitrogens with one attached hydrogen (secondary N) is 2. The predicted octanol–water partition coefficient (Wildman–Crippen LogP) is 2.49. The number of halogens is 2. The SMILES string of the molecule is Fc1ccc(CNCc2cnc[nH]2)cc1Cl. The van der Waals surface area contributed by atoms with Crippen LogP contribution in [0.3, 0.4) is 0 Å². The zero-order chi connectivity index (χ0) is 11.4. The third-order valence-electron chi connectivity index (χ3n) is 2.18. The van der Waals surface area contributed by atoms with Gasteiger partial charge in [0.2, 0.25) is 0 Å². The maximum absolute atomic E-state index is 12.9. The number of H-pyrrole nitrogens is 1. The number of hydrogen-bond donors (Lipinski definition) is 2. The number of benzene rings is 1. The topological polar surface area (TPSA) is 40.7 Å². The molecule has 1 heterocycles. The lowest BCUT2D eigenvalue weighted by Gasteiger charge is -2.04. The maximum Gasteiger partial charge on any atom is 0.141 e. The largest absolute Gasteiger partial charge is 0.347 e. The number of nitrogens with zero attached hydrogens (tertiary/aromatic N) is 1. The zero-order valence-electron chi connectivity index (χ0n) is 8.50. The molecule has 2 N–H and O–H groups in total. The summed E-state index contributed by atoms with van der Waals surface area (Å²) in [6.45, 7) is 1.33. The number of aromatic nitrogens is 2. The van der Waals surface area contributed by atoms with Gasteiger partial charge in [-0.25, -0.2) is 9.37 Å². The van der Waals surface area contributed by atoms with Crippen molar-refractivity contribution in [3.8, 4) is 0 Å². The van der Waals surface area contributed by atoms with E-state index in [1.54, 1.807) is 24.7 Å². The van der Waals surface area contributed by atoms with Gasteiger partial charge in [-0.1, -0.05) is 17.7 Å². The molecule has 0 aliphatic carbocycles. The Kier molecular flexibility index (Phi) is 3.54. The third kappa shape index (κ3) is 2.81. The summed E-state index contributed by atoms with van der Waals surface area (Å²) in [5.41, 5.74) is 1.96. The van der Waals surface area contributed by atoms with Crippen LogP contribution in [0.4, 0.5) is 4.39 Å². The van der Waals surface area contributed by atoms with Gasteiger partial charge in [-0.15, -0.1) is 0 Å². The highest BCUT2D eigenvalue weighted by molar-refractivity contribution is 6.30. The van der Waals surface area contributed by atoms with E-state index in [2.05, 4.69) is 15.3 Å². The first-order valence-corrected chi connectivity index (χ1v) is 5.25. The fraction of sp³-hybridized carbons (Fsp3) is 0.182. The molecule has 1 aromatic heterocycles. The van der Waals surface area contributed by atoms with Crippen LogP contribution in [-0.4, -0.2) is 9.97 Å². The summed E-state index contributed by atoms with van der Waals surface area (Å²) in [5.74, 6) is -0.390. The molecular weight excluding hydrogens is 229 g/mol. The lowest BCUT2D eigenvalue weighted by molar-refractivity contribution is 0.625. The van der Waals surface area contributed by atoms with Crippen LogP contribution in [0.2, 0.25) is 5.02 Å². The molecule has 0 aliphatic rings. The molecule has 1 aromatic carbocycles. The van der Waals surface area contributed by atoms with E-state index in [0.29, 0.717) is 13.1 Å². The standard InChI is InChI=1S/C11H11ClFN3/c12-10-3-8(1-2-11(10)13)4-14-5-9-6-15-7-16-9/h1-3,6-7,14H,4-5H2,(H,15,16). The maximum atomic E-state index is 12.9. The van der Waals surface area contributed by atoms with E-state index in [1.165, 1.54) is 6.07 Å². The van der Waals surface area contributed by atoms with Crippen molar-refractivity contribution in [1.29, 1.82) is 0 Å². The number of rotatable bonds is 4. The fourth-order valence-electron chi connectivity index (χ4n) is 1.37. The van der Waals surface area contributed by atoms with E-state index in [-0.39, 0.29) is 10.8 Å². The molecule has 3 nitrogen and oxygen atoms in total. The second-order valence-electron chi connectivity index (χ2n) is 3.43. The molecule has 2 rings (SSSR count). The van der Waals surface area contributed by atoms with E-state index < -0.39 is 0 Å². The Bertz CT molecular complexity index is 456. The Balaban J connectivity index is 1.87. The number of hydrogen-bond acceptors (Lipinski definition) is 2. The Morgan fingerprint density at radius 3 is 2.94 bits per heavy atom. The number of imidazole rings is 1. The number of aromatic amines is 1. The molecule has 0 saturated carbocycles. The average molecular weight is 240 g/mol. The zero-order valence-corrected chi connectivity index (χ0v) is 9.26. The summed E-state index contributed by atoms with van der Waals surface area (Å²) in [7, 11) is 0. The lowest BCUT2D eigenvalue weighted by atomic mass is 10.2. The van der Waals surface area contributed by atoms with Crippen molar-refractivity contribution < 1.29 is 4.39 Å². The molecule has 2 aromatic rings. The van der Waals surface area contributed by atoms with Crippen molar-refractivity contribution in [2.75, 3.05) is 0 Å². The summed E-state index contributed by atoms with van der Waals surface area (Å²) in [6, 6.07) is 4.70. The van der Waals surface area contributed by atoms with Gasteiger partial charge in [-0.2, -0.15) is 0 Å². The van der Waals surface area contributed by atoms with Gasteiger partial charge >= 0.3 is 0 Å². The molecule has 0 aliphatic heterocycles. The normalized spacial score (nSPS) is 10.6. The van der Waals surface area contributed by atoms with Gasteiger partial charge in [0.15, 0.2) is 0 Å². The van der Waals surface area contributed by atoms with Gasteiger partial charge in [-0.3, -0.25) is 0 Å². The van der Waals surface area contributed by atoms with Crippen molar-refractivity contribution in [3.05, 3.63) is 52.8 Å². The Hall–Kier alpha value is -1.39. The van der Waals surface area contributed by atoms with Crippen LogP contribution in [0.15, 0.2) is 30.7 Å². The minimum absolute atomic E-state index is 0.154. The minimum Gasteiger partial charge on any atom is -0.347 e. The minimum atomic E-state index is -0.390. The van der Waals surface area contributed by atoms with Crippen molar-refractivity contribution in [3.63, 3.8) is 0 Å². The van der Waals surface area contributed by atoms with E-state index >= 15 is 0 Å². The Morgan fingerprint density at radius 2 is 2.25 bits per heavy atom. The first kappa shape index (κ1) is 11.1. The Morgan fingerprint density at radius 1 is 1.38 bits per heavy atom. The summed E-state index contributed by atoms with van der Waals surface area (Å²) < 4.78 is 12.9. The molecule has 0 radical (unpaired) electrons. The second kappa shape index (κ2) is 5.09. The lowest BCUT2D eigenvalue weighted by Crippen LogP contribution is -2.12. The van der Waals surface area contributed by atoms with Crippen LogP contribution >= 0.6 is 11.6 Å². The van der Waals surface area contributed by atoms with Crippen LogP contribution in [0.25, 0.3) is 0 Å². The second-order valence-corrected chi connectivity index (χ2v) is 3.84. The van der Waals surface area contributed by atoms with Crippen LogP contribution in [0.1, 0.15) is 11.3 Å². The average Bonchev–Trinajstić information content (AvgIpc) is 2.76. The van der Waals surface area contributed by atoms with Gasteiger partial charge in [0.05, 0.1) is 11.3 Å². The van der Waals surface area contributed by atoms with Crippen molar-refractivity contribution >= 4 is 11.6 Å². The summed E-state index contributed by atoms with van der Waals surface area (Å²) >= 11 is 5.67. The molecule has 0 fully saturated rings. The highest BCUT2D eigenvalue weighted by Crippen LogP contribution is 2.15. The third-order valence-corrected chi connectivity index (χ3v) is 2.47. The molecule has 0 atom stereocenters.